The van der Waals surface area contributed by atoms with E-state index in [1.54, 1.807) is 0 Å². The maximum atomic E-state index is 12.0. The number of aliphatic hydroxyl groups is 2. The van der Waals surface area contributed by atoms with Crippen molar-refractivity contribution in [3.8, 4) is 23.0 Å². The van der Waals surface area contributed by atoms with E-state index in [9.17, 15) is 40.2 Å². The molecule has 0 bridgehead atoms. The number of carbonyl (C=O) groups excluding carboxylic acids is 2. The van der Waals surface area contributed by atoms with E-state index >= 15 is 0 Å². The number of hydrogen-bond acceptors (Lipinski definition) is 8. The Hall–Kier alpha value is -3.62. The van der Waals surface area contributed by atoms with Crippen LogP contribution in [-0.4, -0.2) is 48.0 Å². The first-order valence-electron chi connectivity index (χ1n) is 8.50. The number of hydrogen-bond donors (Lipinski definition) is 6. The molecular formula is C21H20O8. The third-order valence-corrected chi connectivity index (χ3v) is 4.00. The van der Waals surface area contributed by atoms with Gasteiger partial charge in [0.15, 0.2) is 28.8 Å². The van der Waals surface area contributed by atoms with Crippen molar-refractivity contribution >= 4 is 23.7 Å². The van der Waals surface area contributed by atoms with Gasteiger partial charge in [0.1, 0.15) is 0 Å². The summed E-state index contributed by atoms with van der Waals surface area (Å²) in [6.07, 6.45) is 3.78. The molecular weight excluding hydrogens is 380 g/mol. The molecule has 2 aromatic carbocycles. The highest BCUT2D eigenvalue weighted by Gasteiger charge is 2.31. The fourth-order valence-corrected chi connectivity index (χ4v) is 2.29. The van der Waals surface area contributed by atoms with E-state index in [0.29, 0.717) is 11.1 Å². The van der Waals surface area contributed by atoms with E-state index in [4.69, 9.17) is 0 Å². The number of phenols is 4. The molecule has 0 fully saturated rings. The summed E-state index contributed by atoms with van der Waals surface area (Å²) in [5, 5.41) is 57.0. The fraction of sp³-hybridized carbons (Fsp3) is 0.143. The monoisotopic (exact) mass is 400 g/mol. The molecule has 2 aromatic rings. The van der Waals surface area contributed by atoms with Crippen molar-refractivity contribution in [2.24, 2.45) is 0 Å². The Bertz CT molecular complexity index is 973. The molecule has 0 aliphatic rings. The summed E-state index contributed by atoms with van der Waals surface area (Å²) in [7, 11) is 0. The minimum absolute atomic E-state index is 0.298. The molecule has 0 aliphatic carbocycles. The summed E-state index contributed by atoms with van der Waals surface area (Å²) < 4.78 is 0. The van der Waals surface area contributed by atoms with Crippen LogP contribution in [0.25, 0.3) is 12.2 Å². The summed E-state index contributed by atoms with van der Waals surface area (Å²) in [5.74, 6) is -5.65. The average molecular weight is 400 g/mol. The van der Waals surface area contributed by atoms with Gasteiger partial charge in [-0.2, -0.15) is 0 Å². The molecule has 29 heavy (non-hydrogen) atoms. The van der Waals surface area contributed by atoms with Gasteiger partial charge in [0.2, 0.25) is 11.6 Å². The van der Waals surface area contributed by atoms with E-state index in [1.165, 1.54) is 48.6 Å². The molecule has 0 heterocycles. The molecule has 0 saturated carbocycles. The van der Waals surface area contributed by atoms with Gasteiger partial charge in [0, 0.05) is 12.8 Å². The normalized spacial score (nSPS) is 11.9. The highest BCUT2D eigenvalue weighted by molar-refractivity contribution is 5.99. The molecule has 0 atom stereocenters. The van der Waals surface area contributed by atoms with Gasteiger partial charge in [-0.3, -0.25) is 9.59 Å². The van der Waals surface area contributed by atoms with Crippen molar-refractivity contribution in [3.63, 3.8) is 0 Å². The quantitative estimate of drug-likeness (QED) is 0.223. The van der Waals surface area contributed by atoms with Crippen LogP contribution in [0, 0.1) is 0 Å². The van der Waals surface area contributed by atoms with Gasteiger partial charge in [0.05, 0.1) is 0 Å². The maximum absolute atomic E-state index is 12.0. The zero-order valence-corrected chi connectivity index (χ0v) is 15.2. The fourth-order valence-electron chi connectivity index (χ4n) is 2.29. The third-order valence-electron chi connectivity index (χ3n) is 4.00. The lowest BCUT2D eigenvalue weighted by molar-refractivity contribution is -0.180. The van der Waals surface area contributed by atoms with Crippen LogP contribution in [0.4, 0.5) is 0 Å². The van der Waals surface area contributed by atoms with Crippen molar-refractivity contribution in [2.75, 3.05) is 0 Å². The molecule has 0 spiro atoms. The molecule has 0 saturated heterocycles. The lowest BCUT2D eigenvalue weighted by Gasteiger charge is -2.17. The molecule has 6 N–H and O–H groups in total. The van der Waals surface area contributed by atoms with Crippen LogP contribution in [0.3, 0.4) is 0 Å². The van der Waals surface area contributed by atoms with Crippen molar-refractivity contribution in [2.45, 2.75) is 18.6 Å². The number of ketones is 2. The highest BCUT2D eigenvalue weighted by Crippen LogP contribution is 2.26. The summed E-state index contributed by atoms with van der Waals surface area (Å²) >= 11 is 0. The Morgan fingerprint density at radius 2 is 1.24 bits per heavy atom. The van der Waals surface area contributed by atoms with Crippen molar-refractivity contribution in [3.05, 3.63) is 59.7 Å². The Morgan fingerprint density at radius 1 is 0.759 bits per heavy atom. The zero-order valence-electron chi connectivity index (χ0n) is 15.2. The van der Waals surface area contributed by atoms with Crippen molar-refractivity contribution in [1.29, 1.82) is 0 Å². The minimum Gasteiger partial charge on any atom is -0.504 e. The van der Waals surface area contributed by atoms with Crippen LogP contribution in [0.5, 0.6) is 23.0 Å². The van der Waals surface area contributed by atoms with Gasteiger partial charge in [-0.05, 0) is 47.5 Å². The number of phenolic OH excluding ortho intramolecular Hbond substituents is 4. The predicted octanol–water partition coefficient (Wildman–Crippen LogP) is 1.83. The zero-order chi connectivity index (χ0) is 21.6. The smallest absolute Gasteiger partial charge is 0.228 e. The summed E-state index contributed by atoms with van der Waals surface area (Å²) in [6, 6.07) is 7.78. The average Bonchev–Trinajstić information content (AvgIpc) is 2.68. The Morgan fingerprint density at radius 3 is 1.72 bits per heavy atom. The van der Waals surface area contributed by atoms with Crippen LogP contribution in [0.15, 0.2) is 48.6 Å². The lowest BCUT2D eigenvalue weighted by atomic mass is 10.0. The SMILES string of the molecule is O=C(/C=C/c1ccc(O)c(O)c1)CCC(O)(O)C(=O)/C=C/c1ccc(O)c(O)c1. The number of allylic oxidation sites excluding steroid dienone is 1. The molecule has 8 nitrogen and oxygen atoms in total. The second-order valence-corrected chi connectivity index (χ2v) is 6.31. The van der Waals surface area contributed by atoms with Gasteiger partial charge in [-0.1, -0.05) is 24.3 Å². The minimum atomic E-state index is -2.75. The molecule has 0 aliphatic heterocycles. The van der Waals surface area contributed by atoms with Gasteiger partial charge in [0.25, 0.3) is 0 Å². The second kappa shape index (κ2) is 9.05. The summed E-state index contributed by atoms with van der Waals surface area (Å²) in [5.41, 5.74) is 0.796. The first-order valence-corrected chi connectivity index (χ1v) is 8.50. The lowest BCUT2D eigenvalue weighted by Crippen LogP contribution is -2.37. The van der Waals surface area contributed by atoms with Crippen molar-refractivity contribution < 1.29 is 40.2 Å². The highest BCUT2D eigenvalue weighted by atomic mass is 16.5. The van der Waals surface area contributed by atoms with Crippen LogP contribution in [-0.2, 0) is 9.59 Å². The Labute approximate surface area is 165 Å². The topological polar surface area (TPSA) is 156 Å². The largest absolute Gasteiger partial charge is 0.504 e. The molecule has 0 unspecified atom stereocenters. The van der Waals surface area contributed by atoms with Gasteiger partial charge < -0.3 is 30.6 Å². The molecule has 152 valence electrons. The van der Waals surface area contributed by atoms with E-state index in [0.717, 1.165) is 12.2 Å². The number of rotatable bonds is 8. The molecule has 0 radical (unpaired) electrons. The summed E-state index contributed by atoms with van der Waals surface area (Å²) in [4.78, 5) is 23.9. The Balaban J connectivity index is 1.93. The second-order valence-electron chi connectivity index (χ2n) is 6.31. The Kier molecular flexibility index (Phi) is 6.76. The van der Waals surface area contributed by atoms with Crippen LogP contribution in [0.2, 0.25) is 0 Å². The predicted molar refractivity (Wildman–Crippen MR) is 104 cm³/mol. The molecule has 8 heteroatoms. The van der Waals surface area contributed by atoms with Gasteiger partial charge in [-0.15, -0.1) is 0 Å². The third kappa shape index (κ3) is 6.20. The van der Waals surface area contributed by atoms with E-state index in [2.05, 4.69) is 0 Å². The van der Waals surface area contributed by atoms with E-state index in [-0.39, 0.29) is 23.7 Å². The standard InChI is InChI=1S/C21H20O8/c22-15(5-1-13-2-6-16(23)18(25)11-13)9-10-21(28,29)20(27)8-4-14-3-7-17(24)19(26)12-14/h1-8,11-12,23-26,28-29H,9-10H2/b5-1+,8-4+. The first kappa shape index (κ1) is 21.7. The first-order chi connectivity index (χ1) is 13.6. The van der Waals surface area contributed by atoms with Crippen LogP contribution < -0.4 is 0 Å². The van der Waals surface area contributed by atoms with Gasteiger partial charge >= 0.3 is 0 Å². The number of carbonyl (C=O) groups is 2. The van der Waals surface area contributed by atoms with E-state index < -0.39 is 29.5 Å². The van der Waals surface area contributed by atoms with Crippen LogP contribution in [0.1, 0.15) is 24.0 Å². The van der Waals surface area contributed by atoms with Crippen molar-refractivity contribution in [1.82, 2.24) is 0 Å². The number of benzene rings is 2. The van der Waals surface area contributed by atoms with Gasteiger partial charge in [-0.25, -0.2) is 0 Å². The molecule has 0 aromatic heterocycles. The number of aromatic hydroxyl groups is 4. The molecule has 2 rings (SSSR count). The molecule has 0 amide bonds. The maximum Gasteiger partial charge on any atom is 0.228 e. The summed E-state index contributed by atoms with van der Waals surface area (Å²) in [6.45, 7) is 0. The van der Waals surface area contributed by atoms with E-state index in [1.807, 2.05) is 0 Å². The van der Waals surface area contributed by atoms with Crippen LogP contribution >= 0.6 is 0 Å².